The minimum absolute atomic E-state index is 0.610. The predicted octanol–water partition coefficient (Wildman–Crippen LogP) is 7.73. The fourth-order valence-corrected chi connectivity index (χ4v) is 5.07. The Balaban J connectivity index is 1.45. The standard InChI is InChI=1S/C32H20N4/c1-6-14-29(32-35-20-34-31(36-32)22-8-7-17-33-19-22)23(9-1)21-15-16-28-26-12-3-2-10-24(26)25-11-4-5-13-27(25)30(28)18-21/h1-20H. The van der Waals surface area contributed by atoms with Gasteiger partial charge in [0.05, 0.1) is 0 Å². The molecule has 0 N–H and O–H groups in total. The third-order valence-electron chi connectivity index (χ3n) is 6.71. The number of benzene rings is 5. The van der Waals surface area contributed by atoms with Crippen molar-refractivity contribution in [2.45, 2.75) is 0 Å². The molecule has 2 aromatic heterocycles. The van der Waals surface area contributed by atoms with Gasteiger partial charge in [-0.25, -0.2) is 15.0 Å². The zero-order chi connectivity index (χ0) is 23.9. The zero-order valence-corrected chi connectivity index (χ0v) is 19.3. The third kappa shape index (κ3) is 3.31. The Morgan fingerprint density at radius 3 is 1.75 bits per heavy atom. The van der Waals surface area contributed by atoms with Gasteiger partial charge in [-0.15, -0.1) is 0 Å². The molecular weight excluding hydrogens is 440 g/mol. The van der Waals surface area contributed by atoms with E-state index in [1.165, 1.54) is 32.3 Å². The smallest absolute Gasteiger partial charge is 0.164 e. The quantitative estimate of drug-likeness (QED) is 0.253. The average Bonchev–Trinajstić information content (AvgIpc) is 2.97. The summed E-state index contributed by atoms with van der Waals surface area (Å²) in [5.74, 6) is 1.25. The predicted molar refractivity (Wildman–Crippen MR) is 146 cm³/mol. The Morgan fingerprint density at radius 1 is 0.444 bits per heavy atom. The molecule has 5 aromatic carbocycles. The summed E-state index contributed by atoms with van der Waals surface area (Å²) in [5, 5.41) is 7.56. The number of hydrogen-bond acceptors (Lipinski definition) is 4. The molecular formula is C32H20N4. The number of aromatic nitrogens is 4. The Bertz CT molecular complexity index is 1860. The molecule has 0 bridgehead atoms. The van der Waals surface area contributed by atoms with Crippen LogP contribution in [0.5, 0.6) is 0 Å². The highest BCUT2D eigenvalue weighted by atomic mass is 15.0. The summed E-state index contributed by atoms with van der Waals surface area (Å²) in [6.07, 6.45) is 5.08. The lowest BCUT2D eigenvalue weighted by Gasteiger charge is -2.13. The van der Waals surface area contributed by atoms with E-state index >= 15 is 0 Å². The first kappa shape index (κ1) is 20.4. The van der Waals surface area contributed by atoms with E-state index in [-0.39, 0.29) is 0 Å². The van der Waals surface area contributed by atoms with Gasteiger partial charge in [0.25, 0.3) is 0 Å². The van der Waals surface area contributed by atoms with Gasteiger partial charge in [-0.05, 0) is 61.6 Å². The van der Waals surface area contributed by atoms with Crippen molar-refractivity contribution in [3.63, 3.8) is 0 Å². The SMILES string of the molecule is c1cncc(-c2ncnc(-c3ccccc3-c3ccc4c5ccccc5c5ccccc5c4c3)n2)c1. The lowest BCUT2D eigenvalue weighted by molar-refractivity contribution is 1.06. The van der Waals surface area contributed by atoms with E-state index < -0.39 is 0 Å². The lowest BCUT2D eigenvalue weighted by atomic mass is 9.91. The number of pyridine rings is 1. The van der Waals surface area contributed by atoms with Gasteiger partial charge >= 0.3 is 0 Å². The van der Waals surface area contributed by atoms with Gasteiger partial charge in [0.1, 0.15) is 6.33 Å². The molecule has 4 heteroatoms. The van der Waals surface area contributed by atoms with Crippen molar-refractivity contribution in [2.24, 2.45) is 0 Å². The normalized spacial score (nSPS) is 11.3. The second-order valence-corrected chi connectivity index (χ2v) is 8.77. The summed E-state index contributed by atoms with van der Waals surface area (Å²) >= 11 is 0. The van der Waals surface area contributed by atoms with Gasteiger partial charge in [0.2, 0.25) is 0 Å². The van der Waals surface area contributed by atoms with E-state index in [1.807, 2.05) is 18.2 Å². The number of hydrogen-bond donors (Lipinski definition) is 0. The molecule has 4 nitrogen and oxygen atoms in total. The topological polar surface area (TPSA) is 51.6 Å². The van der Waals surface area contributed by atoms with Crippen LogP contribution in [0.4, 0.5) is 0 Å². The molecule has 0 unspecified atom stereocenters. The molecule has 0 spiro atoms. The van der Waals surface area contributed by atoms with Crippen molar-refractivity contribution in [1.82, 2.24) is 19.9 Å². The maximum Gasteiger partial charge on any atom is 0.164 e. The Hall–Kier alpha value is -4.96. The summed E-state index contributed by atoms with van der Waals surface area (Å²) in [7, 11) is 0. The zero-order valence-electron chi connectivity index (χ0n) is 19.3. The molecule has 168 valence electrons. The summed E-state index contributed by atoms with van der Waals surface area (Å²) in [5.41, 5.74) is 4.04. The molecule has 0 radical (unpaired) electrons. The molecule has 0 atom stereocenters. The maximum atomic E-state index is 4.79. The fourth-order valence-electron chi connectivity index (χ4n) is 5.07. The van der Waals surface area contributed by atoms with Gasteiger partial charge in [-0.2, -0.15) is 0 Å². The van der Waals surface area contributed by atoms with E-state index in [9.17, 15) is 0 Å². The summed E-state index contributed by atoms with van der Waals surface area (Å²) in [6.45, 7) is 0. The molecule has 0 fully saturated rings. The van der Waals surface area contributed by atoms with E-state index in [4.69, 9.17) is 4.98 Å². The van der Waals surface area contributed by atoms with Crippen LogP contribution in [0.25, 0.3) is 66.2 Å². The first-order chi connectivity index (χ1) is 17.9. The highest BCUT2D eigenvalue weighted by Crippen LogP contribution is 2.38. The number of fused-ring (bicyclic) bond motifs is 6. The average molecular weight is 461 g/mol. The van der Waals surface area contributed by atoms with Gasteiger partial charge in [0.15, 0.2) is 11.6 Å². The Kier molecular flexibility index (Phi) is 4.74. The highest BCUT2D eigenvalue weighted by Gasteiger charge is 2.14. The van der Waals surface area contributed by atoms with E-state index in [0.29, 0.717) is 11.6 Å². The van der Waals surface area contributed by atoms with Crippen LogP contribution in [-0.2, 0) is 0 Å². The minimum atomic E-state index is 0.610. The summed E-state index contributed by atoms with van der Waals surface area (Å²) in [4.78, 5) is 17.9. The molecule has 0 aliphatic carbocycles. The van der Waals surface area contributed by atoms with Crippen LogP contribution in [0.1, 0.15) is 0 Å². The van der Waals surface area contributed by atoms with Crippen molar-refractivity contribution < 1.29 is 0 Å². The molecule has 0 aliphatic heterocycles. The molecule has 0 saturated heterocycles. The highest BCUT2D eigenvalue weighted by molar-refractivity contribution is 6.25. The van der Waals surface area contributed by atoms with Gasteiger partial charge in [-0.1, -0.05) is 84.9 Å². The van der Waals surface area contributed by atoms with Crippen molar-refractivity contribution in [1.29, 1.82) is 0 Å². The van der Waals surface area contributed by atoms with Gasteiger partial charge in [-0.3, -0.25) is 4.98 Å². The van der Waals surface area contributed by atoms with Crippen molar-refractivity contribution in [3.05, 3.63) is 122 Å². The molecule has 0 saturated carbocycles. The van der Waals surface area contributed by atoms with Crippen LogP contribution < -0.4 is 0 Å². The molecule has 7 rings (SSSR count). The van der Waals surface area contributed by atoms with Gasteiger partial charge < -0.3 is 0 Å². The maximum absolute atomic E-state index is 4.79. The van der Waals surface area contributed by atoms with Crippen molar-refractivity contribution in [3.8, 4) is 33.9 Å². The minimum Gasteiger partial charge on any atom is -0.264 e. The molecule has 7 aromatic rings. The van der Waals surface area contributed by atoms with Crippen LogP contribution in [0.2, 0.25) is 0 Å². The van der Waals surface area contributed by atoms with Crippen molar-refractivity contribution >= 4 is 32.3 Å². The molecule has 2 heterocycles. The second kappa shape index (κ2) is 8.36. The van der Waals surface area contributed by atoms with Crippen molar-refractivity contribution in [2.75, 3.05) is 0 Å². The Labute approximate surface area is 208 Å². The molecule has 0 aliphatic rings. The third-order valence-corrected chi connectivity index (χ3v) is 6.71. The van der Waals surface area contributed by atoms with Crippen LogP contribution in [-0.4, -0.2) is 19.9 Å². The summed E-state index contributed by atoms with van der Waals surface area (Å²) < 4.78 is 0. The number of rotatable bonds is 3. The second-order valence-electron chi connectivity index (χ2n) is 8.77. The van der Waals surface area contributed by atoms with Crippen LogP contribution in [0.15, 0.2) is 122 Å². The van der Waals surface area contributed by atoms with Crippen LogP contribution >= 0.6 is 0 Å². The van der Waals surface area contributed by atoms with E-state index in [1.54, 1.807) is 18.7 Å². The number of nitrogens with zero attached hydrogens (tertiary/aromatic N) is 4. The monoisotopic (exact) mass is 460 g/mol. The Morgan fingerprint density at radius 2 is 1.06 bits per heavy atom. The molecule has 36 heavy (non-hydrogen) atoms. The van der Waals surface area contributed by atoms with E-state index in [2.05, 4.69) is 99.9 Å². The lowest BCUT2D eigenvalue weighted by Crippen LogP contribution is -1.97. The first-order valence-electron chi connectivity index (χ1n) is 11.9. The largest absolute Gasteiger partial charge is 0.264 e. The van der Waals surface area contributed by atoms with E-state index in [0.717, 1.165) is 22.3 Å². The summed E-state index contributed by atoms with van der Waals surface area (Å²) in [6, 6.07) is 36.2. The van der Waals surface area contributed by atoms with Gasteiger partial charge in [0, 0.05) is 23.5 Å². The fraction of sp³-hybridized carbons (Fsp3) is 0. The van der Waals surface area contributed by atoms with Crippen LogP contribution in [0.3, 0.4) is 0 Å². The first-order valence-corrected chi connectivity index (χ1v) is 11.9. The molecule has 0 amide bonds. The van der Waals surface area contributed by atoms with Crippen LogP contribution in [0, 0.1) is 0 Å².